The van der Waals surface area contributed by atoms with Crippen LogP contribution >= 0.6 is 11.6 Å². The summed E-state index contributed by atoms with van der Waals surface area (Å²) in [7, 11) is 0. The van der Waals surface area contributed by atoms with E-state index in [2.05, 4.69) is 4.74 Å². The van der Waals surface area contributed by atoms with Crippen molar-refractivity contribution in [2.75, 3.05) is 13.2 Å². The summed E-state index contributed by atoms with van der Waals surface area (Å²) in [5, 5.41) is 9.33. The quantitative estimate of drug-likeness (QED) is 0.877. The number of aliphatic carboxylic acids is 1. The lowest BCUT2D eigenvalue weighted by Crippen LogP contribution is -2.26. The Morgan fingerprint density at radius 1 is 1.37 bits per heavy atom. The predicted molar refractivity (Wildman–Crippen MR) is 63.2 cm³/mol. The molecule has 0 fully saturated rings. The molecule has 1 atom stereocenters. The van der Waals surface area contributed by atoms with Crippen LogP contribution in [0.25, 0.3) is 0 Å². The van der Waals surface area contributed by atoms with Gasteiger partial charge >= 0.3 is 12.1 Å². The lowest BCUT2D eigenvalue weighted by atomic mass is 10.0. The van der Waals surface area contributed by atoms with Gasteiger partial charge in [-0.2, -0.15) is 13.2 Å². The summed E-state index contributed by atoms with van der Waals surface area (Å²) in [5.41, 5.74) is 0.562. The summed E-state index contributed by atoms with van der Waals surface area (Å²) in [6.45, 7) is -1.97. The Labute approximate surface area is 112 Å². The van der Waals surface area contributed by atoms with Gasteiger partial charge in [-0.25, -0.2) is 0 Å². The van der Waals surface area contributed by atoms with Gasteiger partial charge in [-0.3, -0.25) is 4.79 Å². The zero-order valence-electron chi connectivity index (χ0n) is 9.78. The van der Waals surface area contributed by atoms with Crippen molar-refractivity contribution in [2.24, 2.45) is 5.92 Å². The van der Waals surface area contributed by atoms with E-state index in [9.17, 15) is 18.0 Å². The smallest absolute Gasteiger partial charge is 0.411 e. The highest BCUT2D eigenvalue weighted by atomic mass is 35.5. The molecule has 1 unspecified atom stereocenters. The van der Waals surface area contributed by atoms with Gasteiger partial charge in [-0.05, 0) is 18.1 Å². The molecular weight excluding hydrogens is 285 g/mol. The first-order chi connectivity index (χ1) is 8.79. The van der Waals surface area contributed by atoms with Crippen molar-refractivity contribution in [1.82, 2.24) is 0 Å². The number of hydrogen-bond donors (Lipinski definition) is 1. The van der Waals surface area contributed by atoms with Crippen LogP contribution in [0.1, 0.15) is 5.56 Å². The lowest BCUT2D eigenvalue weighted by molar-refractivity contribution is -0.179. The number of hydrogen-bond acceptors (Lipinski definition) is 2. The van der Waals surface area contributed by atoms with Gasteiger partial charge in [0, 0.05) is 5.02 Å². The predicted octanol–water partition coefficient (Wildman–Crippen LogP) is 3.16. The van der Waals surface area contributed by atoms with Gasteiger partial charge in [0.1, 0.15) is 6.61 Å². The number of carboxylic acid groups (broad SMARTS) is 1. The van der Waals surface area contributed by atoms with E-state index >= 15 is 0 Å². The van der Waals surface area contributed by atoms with Gasteiger partial charge in [0.05, 0.1) is 12.5 Å². The molecule has 0 heterocycles. The molecule has 106 valence electrons. The van der Waals surface area contributed by atoms with Crippen LogP contribution < -0.4 is 0 Å². The molecule has 7 heteroatoms. The molecule has 0 aliphatic heterocycles. The van der Waals surface area contributed by atoms with Crippen LogP contribution in [0.3, 0.4) is 0 Å². The Balaban J connectivity index is 2.59. The molecule has 0 saturated carbocycles. The fraction of sp³-hybridized carbons (Fsp3) is 0.417. The zero-order chi connectivity index (χ0) is 14.5. The Morgan fingerprint density at radius 2 is 2.00 bits per heavy atom. The van der Waals surface area contributed by atoms with E-state index in [-0.39, 0.29) is 6.42 Å². The minimum absolute atomic E-state index is 0.0207. The molecular formula is C12H12ClF3O3. The van der Waals surface area contributed by atoms with Crippen molar-refractivity contribution in [3.8, 4) is 0 Å². The third-order valence-corrected chi connectivity index (χ3v) is 2.73. The molecule has 1 rings (SSSR count). The zero-order valence-corrected chi connectivity index (χ0v) is 10.5. The topological polar surface area (TPSA) is 46.5 Å². The van der Waals surface area contributed by atoms with Gasteiger partial charge in [0.15, 0.2) is 0 Å². The monoisotopic (exact) mass is 296 g/mol. The Hall–Kier alpha value is -1.27. The Morgan fingerprint density at radius 3 is 2.53 bits per heavy atom. The SMILES string of the molecule is O=C(O)C(COCC(F)(F)F)Cc1ccccc1Cl. The van der Waals surface area contributed by atoms with Crippen molar-refractivity contribution >= 4 is 17.6 Å². The maximum atomic E-state index is 11.9. The van der Waals surface area contributed by atoms with Crippen LogP contribution in [-0.2, 0) is 16.0 Å². The van der Waals surface area contributed by atoms with Crippen LogP contribution in [0, 0.1) is 5.92 Å². The van der Waals surface area contributed by atoms with Crippen molar-refractivity contribution in [3.05, 3.63) is 34.9 Å². The maximum Gasteiger partial charge on any atom is 0.411 e. The molecule has 1 aromatic rings. The third kappa shape index (κ3) is 5.94. The average Bonchev–Trinajstić information content (AvgIpc) is 2.28. The van der Waals surface area contributed by atoms with Gasteiger partial charge in [0.25, 0.3) is 0 Å². The van der Waals surface area contributed by atoms with Crippen LogP contribution in [0.4, 0.5) is 13.2 Å². The molecule has 0 aliphatic carbocycles. The van der Waals surface area contributed by atoms with Crippen molar-refractivity contribution < 1.29 is 27.8 Å². The van der Waals surface area contributed by atoms with Gasteiger partial charge in [0.2, 0.25) is 0 Å². The second-order valence-electron chi connectivity index (χ2n) is 3.96. The van der Waals surface area contributed by atoms with E-state index in [1.165, 1.54) is 0 Å². The molecule has 1 N–H and O–H groups in total. The van der Waals surface area contributed by atoms with Crippen molar-refractivity contribution in [2.45, 2.75) is 12.6 Å². The summed E-state index contributed by atoms with van der Waals surface area (Å²) in [5.74, 6) is -2.29. The summed E-state index contributed by atoms with van der Waals surface area (Å²) in [4.78, 5) is 11.0. The average molecular weight is 297 g/mol. The molecule has 0 radical (unpaired) electrons. The first kappa shape index (κ1) is 15.8. The molecule has 1 aromatic carbocycles. The first-order valence-electron chi connectivity index (χ1n) is 5.40. The van der Waals surface area contributed by atoms with E-state index in [1.807, 2.05) is 0 Å². The van der Waals surface area contributed by atoms with Gasteiger partial charge in [-0.15, -0.1) is 0 Å². The second-order valence-corrected chi connectivity index (χ2v) is 4.37. The third-order valence-electron chi connectivity index (χ3n) is 2.36. The summed E-state index contributed by atoms with van der Waals surface area (Å²) < 4.78 is 40.1. The van der Waals surface area contributed by atoms with E-state index in [0.29, 0.717) is 10.6 Å². The fourth-order valence-electron chi connectivity index (χ4n) is 1.46. The highest BCUT2D eigenvalue weighted by Crippen LogP contribution is 2.20. The molecule has 0 bridgehead atoms. The van der Waals surface area contributed by atoms with E-state index in [0.717, 1.165) is 0 Å². The summed E-state index contributed by atoms with van der Waals surface area (Å²) >= 11 is 5.87. The lowest BCUT2D eigenvalue weighted by Gasteiger charge is -2.14. The summed E-state index contributed by atoms with van der Waals surface area (Å²) in [6.07, 6.45) is -4.44. The van der Waals surface area contributed by atoms with Gasteiger partial charge in [-0.1, -0.05) is 29.8 Å². The fourth-order valence-corrected chi connectivity index (χ4v) is 1.68. The molecule has 19 heavy (non-hydrogen) atoms. The minimum atomic E-state index is -4.46. The standard InChI is InChI=1S/C12H12ClF3O3/c13-10-4-2-1-3-8(10)5-9(11(17)18)6-19-7-12(14,15)16/h1-4,9H,5-7H2,(H,17,18). The first-order valence-corrected chi connectivity index (χ1v) is 5.78. The van der Waals surface area contributed by atoms with E-state index in [1.54, 1.807) is 24.3 Å². The van der Waals surface area contributed by atoms with Crippen LogP contribution in [0.5, 0.6) is 0 Å². The normalized spacial score (nSPS) is 13.3. The Bertz CT molecular complexity index is 434. The largest absolute Gasteiger partial charge is 0.481 e. The Kier molecular flexibility index (Phi) is 5.62. The number of benzene rings is 1. The van der Waals surface area contributed by atoms with Crippen molar-refractivity contribution in [1.29, 1.82) is 0 Å². The minimum Gasteiger partial charge on any atom is -0.481 e. The number of carboxylic acids is 1. The number of alkyl halides is 3. The number of carbonyl (C=O) groups is 1. The molecule has 3 nitrogen and oxygen atoms in total. The number of ether oxygens (including phenoxy) is 1. The molecule has 0 aromatic heterocycles. The molecule has 0 aliphatic rings. The van der Waals surface area contributed by atoms with Crippen LogP contribution in [0.15, 0.2) is 24.3 Å². The highest BCUT2D eigenvalue weighted by Gasteiger charge is 2.29. The number of rotatable bonds is 6. The van der Waals surface area contributed by atoms with E-state index in [4.69, 9.17) is 16.7 Å². The van der Waals surface area contributed by atoms with Crippen LogP contribution in [-0.4, -0.2) is 30.5 Å². The maximum absolute atomic E-state index is 11.9. The highest BCUT2D eigenvalue weighted by molar-refractivity contribution is 6.31. The number of halogens is 4. The summed E-state index contributed by atoms with van der Waals surface area (Å²) in [6, 6.07) is 6.58. The molecule has 0 saturated heterocycles. The van der Waals surface area contributed by atoms with E-state index < -0.39 is 31.3 Å². The molecule has 0 amide bonds. The molecule has 0 spiro atoms. The van der Waals surface area contributed by atoms with Gasteiger partial charge < -0.3 is 9.84 Å². The second kappa shape index (κ2) is 6.77. The van der Waals surface area contributed by atoms with Crippen molar-refractivity contribution in [3.63, 3.8) is 0 Å². The van der Waals surface area contributed by atoms with Crippen LogP contribution in [0.2, 0.25) is 5.02 Å².